The van der Waals surface area contributed by atoms with Gasteiger partial charge in [0.15, 0.2) is 11.6 Å². The van der Waals surface area contributed by atoms with E-state index in [-0.39, 0.29) is 11.6 Å². The number of nitriles is 1. The summed E-state index contributed by atoms with van der Waals surface area (Å²) in [4.78, 5) is 0. The normalized spacial score (nSPS) is 13.7. The zero-order valence-corrected chi connectivity index (χ0v) is 11.1. The summed E-state index contributed by atoms with van der Waals surface area (Å²) in [6, 6.07) is 6.99. The van der Waals surface area contributed by atoms with Gasteiger partial charge in [-0.1, -0.05) is 6.07 Å². The first-order valence-electron chi connectivity index (χ1n) is 6.00. The molecule has 0 bridgehead atoms. The van der Waals surface area contributed by atoms with Crippen molar-refractivity contribution in [1.29, 1.82) is 5.26 Å². The van der Waals surface area contributed by atoms with Crippen LogP contribution in [-0.4, -0.2) is 19.2 Å². The van der Waals surface area contributed by atoms with Crippen LogP contribution in [0, 0.1) is 24.1 Å². The quantitative estimate of drug-likeness (QED) is 0.790. The monoisotopic (exact) mass is 250 g/mol. The molecule has 3 nitrogen and oxygen atoms in total. The highest BCUT2D eigenvalue weighted by atomic mass is 19.1. The van der Waals surface area contributed by atoms with Crippen LogP contribution in [0.4, 0.5) is 4.39 Å². The smallest absolute Gasteiger partial charge is 0.165 e. The van der Waals surface area contributed by atoms with Crippen molar-refractivity contribution in [3.8, 4) is 11.8 Å². The lowest BCUT2D eigenvalue weighted by Gasteiger charge is -2.20. The van der Waals surface area contributed by atoms with Gasteiger partial charge in [0.25, 0.3) is 0 Å². The summed E-state index contributed by atoms with van der Waals surface area (Å²) in [5, 5.41) is 11.9. The fourth-order valence-electron chi connectivity index (χ4n) is 1.57. The Bertz CT molecular complexity index is 442. The summed E-state index contributed by atoms with van der Waals surface area (Å²) in [6.07, 6.45) is 1.35. The van der Waals surface area contributed by atoms with E-state index in [9.17, 15) is 4.39 Å². The zero-order valence-electron chi connectivity index (χ0n) is 11.1. The molecule has 0 aromatic heterocycles. The van der Waals surface area contributed by atoms with Crippen molar-refractivity contribution in [3.05, 3.63) is 29.6 Å². The maximum atomic E-state index is 13.4. The second-order valence-corrected chi connectivity index (χ2v) is 4.58. The van der Waals surface area contributed by atoms with Crippen LogP contribution in [-0.2, 0) is 0 Å². The Kier molecular flexibility index (Phi) is 5.11. The number of nitrogens with one attached hydrogen (secondary N) is 1. The number of halogens is 1. The molecule has 0 fully saturated rings. The Hall–Kier alpha value is -1.60. The summed E-state index contributed by atoms with van der Waals surface area (Å²) in [7, 11) is 1.75. The number of nitrogens with zero attached hydrogens (tertiary/aromatic N) is 1. The van der Waals surface area contributed by atoms with Gasteiger partial charge in [-0.15, -0.1) is 0 Å². The molecule has 1 rings (SSSR count). The number of hydrogen-bond acceptors (Lipinski definition) is 3. The third-order valence-electron chi connectivity index (χ3n) is 2.96. The van der Waals surface area contributed by atoms with Crippen LogP contribution in [0.2, 0.25) is 0 Å². The SMILES string of the molecule is CNC(C)(C#N)CCCOc1cc(C)ccc1F. The maximum Gasteiger partial charge on any atom is 0.165 e. The number of aryl methyl sites for hydroxylation is 1. The van der Waals surface area contributed by atoms with Crippen LogP contribution in [0.3, 0.4) is 0 Å². The van der Waals surface area contributed by atoms with E-state index in [1.54, 1.807) is 19.2 Å². The molecule has 1 unspecified atom stereocenters. The Labute approximate surface area is 108 Å². The number of hydrogen-bond donors (Lipinski definition) is 1. The highest BCUT2D eigenvalue weighted by molar-refractivity contribution is 5.29. The molecule has 18 heavy (non-hydrogen) atoms. The maximum absolute atomic E-state index is 13.4. The van der Waals surface area contributed by atoms with Crippen molar-refractivity contribution in [2.75, 3.05) is 13.7 Å². The van der Waals surface area contributed by atoms with Crippen molar-refractivity contribution in [2.24, 2.45) is 0 Å². The fraction of sp³-hybridized carbons (Fsp3) is 0.500. The molecule has 0 heterocycles. The molecular formula is C14H19FN2O. The molecule has 1 aromatic rings. The first-order valence-corrected chi connectivity index (χ1v) is 6.00. The molecule has 1 atom stereocenters. The van der Waals surface area contributed by atoms with Crippen LogP contribution in [0.5, 0.6) is 5.75 Å². The average Bonchev–Trinajstić information content (AvgIpc) is 2.38. The van der Waals surface area contributed by atoms with E-state index in [2.05, 4.69) is 11.4 Å². The molecule has 98 valence electrons. The van der Waals surface area contributed by atoms with Gasteiger partial charge >= 0.3 is 0 Å². The topological polar surface area (TPSA) is 45.0 Å². The fourth-order valence-corrected chi connectivity index (χ4v) is 1.57. The zero-order chi connectivity index (χ0) is 13.6. The minimum atomic E-state index is -0.547. The standard InChI is InChI=1S/C14H19FN2O/c1-11-5-6-12(15)13(9-11)18-8-4-7-14(2,10-16)17-3/h5-6,9,17H,4,7-8H2,1-3H3. The van der Waals surface area contributed by atoms with E-state index in [1.807, 2.05) is 13.8 Å². The highest BCUT2D eigenvalue weighted by Gasteiger charge is 2.20. The minimum Gasteiger partial charge on any atom is -0.491 e. The predicted molar refractivity (Wildman–Crippen MR) is 68.9 cm³/mol. The lowest BCUT2D eigenvalue weighted by molar-refractivity contribution is 0.277. The van der Waals surface area contributed by atoms with E-state index in [1.165, 1.54) is 6.07 Å². The van der Waals surface area contributed by atoms with Crippen LogP contribution < -0.4 is 10.1 Å². The van der Waals surface area contributed by atoms with E-state index in [4.69, 9.17) is 10.00 Å². The lowest BCUT2D eigenvalue weighted by atomic mass is 9.98. The molecular weight excluding hydrogens is 231 g/mol. The molecule has 0 aliphatic rings. The number of ether oxygens (including phenoxy) is 1. The highest BCUT2D eigenvalue weighted by Crippen LogP contribution is 2.19. The summed E-state index contributed by atoms with van der Waals surface area (Å²) < 4.78 is 18.8. The molecule has 0 amide bonds. The van der Waals surface area contributed by atoms with Crippen LogP contribution in [0.1, 0.15) is 25.3 Å². The van der Waals surface area contributed by atoms with Crippen molar-refractivity contribution in [1.82, 2.24) is 5.32 Å². The average molecular weight is 250 g/mol. The molecule has 0 radical (unpaired) electrons. The van der Waals surface area contributed by atoms with Crippen molar-refractivity contribution < 1.29 is 9.13 Å². The van der Waals surface area contributed by atoms with Crippen molar-refractivity contribution in [3.63, 3.8) is 0 Å². The summed E-state index contributed by atoms with van der Waals surface area (Å²) in [6.45, 7) is 4.12. The van der Waals surface area contributed by atoms with Gasteiger partial charge in [0.05, 0.1) is 12.7 Å². The Balaban J connectivity index is 2.43. The third kappa shape index (κ3) is 4.01. The second kappa shape index (κ2) is 6.36. The molecule has 0 aliphatic heterocycles. The van der Waals surface area contributed by atoms with Gasteiger partial charge in [-0.2, -0.15) is 5.26 Å². The van der Waals surface area contributed by atoms with E-state index in [0.717, 1.165) is 5.56 Å². The van der Waals surface area contributed by atoms with Crippen molar-refractivity contribution >= 4 is 0 Å². The number of rotatable bonds is 6. The predicted octanol–water partition coefficient (Wildman–Crippen LogP) is 2.79. The van der Waals surface area contributed by atoms with Gasteiger partial charge in [-0.05, 0) is 51.4 Å². The molecule has 4 heteroatoms. The van der Waals surface area contributed by atoms with E-state index in [0.29, 0.717) is 19.4 Å². The van der Waals surface area contributed by atoms with Crippen LogP contribution in [0.25, 0.3) is 0 Å². The first-order chi connectivity index (χ1) is 8.50. The molecule has 0 aliphatic carbocycles. The second-order valence-electron chi connectivity index (χ2n) is 4.58. The Morgan fingerprint density at radius 2 is 2.22 bits per heavy atom. The summed E-state index contributed by atoms with van der Waals surface area (Å²) in [5.41, 5.74) is 0.414. The number of benzene rings is 1. The minimum absolute atomic E-state index is 0.276. The van der Waals surface area contributed by atoms with Gasteiger partial charge < -0.3 is 10.1 Å². The van der Waals surface area contributed by atoms with Crippen LogP contribution in [0.15, 0.2) is 18.2 Å². The Morgan fingerprint density at radius 1 is 1.50 bits per heavy atom. The molecule has 1 aromatic carbocycles. The lowest BCUT2D eigenvalue weighted by Crippen LogP contribution is -2.38. The summed E-state index contributed by atoms with van der Waals surface area (Å²) >= 11 is 0. The van der Waals surface area contributed by atoms with E-state index >= 15 is 0 Å². The Morgan fingerprint density at radius 3 is 2.83 bits per heavy atom. The van der Waals surface area contributed by atoms with Gasteiger partial charge in [0.2, 0.25) is 0 Å². The van der Waals surface area contributed by atoms with Gasteiger partial charge in [0, 0.05) is 0 Å². The molecule has 0 spiro atoms. The molecule has 0 saturated carbocycles. The van der Waals surface area contributed by atoms with Gasteiger partial charge in [-0.25, -0.2) is 4.39 Å². The van der Waals surface area contributed by atoms with Gasteiger partial charge in [-0.3, -0.25) is 0 Å². The van der Waals surface area contributed by atoms with Gasteiger partial charge in [0.1, 0.15) is 5.54 Å². The molecule has 0 saturated heterocycles. The largest absolute Gasteiger partial charge is 0.491 e. The van der Waals surface area contributed by atoms with Crippen LogP contribution >= 0.6 is 0 Å². The van der Waals surface area contributed by atoms with E-state index < -0.39 is 5.54 Å². The summed E-state index contributed by atoms with van der Waals surface area (Å²) in [5.74, 6) is -0.0737. The third-order valence-corrected chi connectivity index (χ3v) is 2.96. The molecule has 1 N–H and O–H groups in total. The first kappa shape index (κ1) is 14.5. The van der Waals surface area contributed by atoms with Crippen molar-refractivity contribution in [2.45, 2.75) is 32.2 Å².